The highest BCUT2D eigenvalue weighted by atomic mass is 32.1. The third-order valence-electron chi connectivity index (χ3n) is 2.41. The number of amides is 1. The van der Waals surface area contributed by atoms with Gasteiger partial charge in [0.2, 0.25) is 5.91 Å². The Bertz CT molecular complexity index is 512. The van der Waals surface area contributed by atoms with Crippen LogP contribution in [0.1, 0.15) is 12.0 Å². The Morgan fingerprint density at radius 2 is 2.28 bits per heavy atom. The largest absolute Gasteiger partial charge is 0.393 e. The molecule has 1 amide bonds. The zero-order valence-corrected chi connectivity index (χ0v) is 11.2. The highest BCUT2D eigenvalue weighted by Gasteiger charge is 2.11. The molecule has 0 saturated carbocycles. The molecule has 0 aliphatic rings. The number of aryl methyl sites for hydroxylation is 1. The number of aromatic nitrogens is 2. The number of nitrogens with zero attached hydrogens (tertiary/aromatic N) is 3. The molecule has 0 aliphatic carbocycles. The van der Waals surface area contributed by atoms with Crippen LogP contribution >= 0.6 is 12.2 Å². The van der Waals surface area contributed by atoms with Crippen molar-refractivity contribution in [2.75, 3.05) is 13.6 Å². The standard InChI is InChI=1S/C11H16N4O2S/c1-8-5-10(16)15(13-6-8)7-11(17)14(2)4-3-9(12)18/h5-6H,3-4,7H2,1-2H3,(H2,12,18). The molecule has 2 N–H and O–H groups in total. The fourth-order valence-electron chi connectivity index (χ4n) is 1.29. The van der Waals surface area contributed by atoms with E-state index in [1.54, 1.807) is 20.2 Å². The van der Waals surface area contributed by atoms with Crippen LogP contribution in [-0.4, -0.2) is 39.2 Å². The highest BCUT2D eigenvalue weighted by molar-refractivity contribution is 7.80. The second-order valence-electron chi connectivity index (χ2n) is 4.06. The van der Waals surface area contributed by atoms with E-state index in [1.807, 2.05) is 0 Å². The first-order valence-electron chi connectivity index (χ1n) is 5.46. The van der Waals surface area contributed by atoms with Gasteiger partial charge in [0.15, 0.2) is 0 Å². The van der Waals surface area contributed by atoms with Crippen LogP contribution in [0.4, 0.5) is 0 Å². The summed E-state index contributed by atoms with van der Waals surface area (Å²) >= 11 is 4.74. The first-order chi connectivity index (χ1) is 8.40. The topological polar surface area (TPSA) is 81.2 Å². The van der Waals surface area contributed by atoms with Crippen molar-refractivity contribution in [3.63, 3.8) is 0 Å². The molecule has 1 aromatic rings. The molecule has 0 bridgehead atoms. The highest BCUT2D eigenvalue weighted by Crippen LogP contribution is 1.92. The molecule has 18 heavy (non-hydrogen) atoms. The fraction of sp³-hybridized carbons (Fsp3) is 0.455. The minimum atomic E-state index is -0.286. The van der Waals surface area contributed by atoms with E-state index in [-0.39, 0.29) is 18.0 Å². The molecule has 0 aromatic carbocycles. The minimum absolute atomic E-state index is 0.0764. The van der Waals surface area contributed by atoms with Crippen molar-refractivity contribution in [3.8, 4) is 0 Å². The van der Waals surface area contributed by atoms with Crippen molar-refractivity contribution in [2.24, 2.45) is 5.73 Å². The number of thiocarbonyl (C=S) groups is 1. The predicted octanol–water partition coefficient (Wildman–Crippen LogP) is -0.314. The van der Waals surface area contributed by atoms with Crippen LogP contribution in [-0.2, 0) is 11.3 Å². The lowest BCUT2D eigenvalue weighted by molar-refractivity contribution is -0.130. The van der Waals surface area contributed by atoms with Crippen molar-refractivity contribution in [1.82, 2.24) is 14.7 Å². The molecule has 0 spiro atoms. The number of carbonyl (C=O) groups is 1. The van der Waals surface area contributed by atoms with E-state index in [0.717, 1.165) is 10.2 Å². The van der Waals surface area contributed by atoms with Gasteiger partial charge in [-0.25, -0.2) is 4.68 Å². The number of rotatable bonds is 5. The van der Waals surface area contributed by atoms with Crippen molar-refractivity contribution < 1.29 is 4.79 Å². The summed E-state index contributed by atoms with van der Waals surface area (Å²) in [6.45, 7) is 2.14. The van der Waals surface area contributed by atoms with E-state index in [4.69, 9.17) is 18.0 Å². The maximum atomic E-state index is 11.8. The quantitative estimate of drug-likeness (QED) is 0.741. The number of likely N-dealkylation sites (N-methyl/N-ethyl adjacent to an activating group) is 1. The van der Waals surface area contributed by atoms with E-state index in [0.29, 0.717) is 18.0 Å². The summed E-state index contributed by atoms with van der Waals surface area (Å²) in [6.07, 6.45) is 2.01. The summed E-state index contributed by atoms with van der Waals surface area (Å²) in [5, 5.41) is 3.90. The first-order valence-corrected chi connectivity index (χ1v) is 5.87. The number of hydrogen-bond acceptors (Lipinski definition) is 4. The Hall–Kier alpha value is -1.76. The molecule has 0 saturated heterocycles. The van der Waals surface area contributed by atoms with Gasteiger partial charge in [0.1, 0.15) is 6.54 Å². The second-order valence-corrected chi connectivity index (χ2v) is 4.58. The van der Waals surface area contributed by atoms with Crippen molar-refractivity contribution in [3.05, 3.63) is 28.2 Å². The molecule has 1 aromatic heterocycles. The molecular formula is C11H16N4O2S. The van der Waals surface area contributed by atoms with Gasteiger partial charge in [0, 0.05) is 26.1 Å². The van der Waals surface area contributed by atoms with Crippen molar-refractivity contribution in [2.45, 2.75) is 19.9 Å². The van der Waals surface area contributed by atoms with Gasteiger partial charge < -0.3 is 10.6 Å². The summed E-state index contributed by atoms with van der Waals surface area (Å²) in [7, 11) is 1.64. The molecule has 0 fully saturated rings. The van der Waals surface area contributed by atoms with E-state index >= 15 is 0 Å². The van der Waals surface area contributed by atoms with Gasteiger partial charge in [-0.05, 0) is 12.5 Å². The predicted molar refractivity (Wildman–Crippen MR) is 72.3 cm³/mol. The maximum absolute atomic E-state index is 11.8. The third kappa shape index (κ3) is 4.25. The van der Waals surface area contributed by atoms with Crippen LogP contribution in [0.15, 0.2) is 17.1 Å². The van der Waals surface area contributed by atoms with Gasteiger partial charge >= 0.3 is 0 Å². The second kappa shape index (κ2) is 6.25. The Morgan fingerprint density at radius 3 is 2.83 bits per heavy atom. The van der Waals surface area contributed by atoms with Gasteiger partial charge in [0.25, 0.3) is 5.56 Å². The van der Waals surface area contributed by atoms with Gasteiger partial charge in [-0.15, -0.1) is 0 Å². The van der Waals surface area contributed by atoms with E-state index in [9.17, 15) is 9.59 Å². The normalized spacial score (nSPS) is 10.1. The van der Waals surface area contributed by atoms with Gasteiger partial charge in [-0.1, -0.05) is 12.2 Å². The average molecular weight is 268 g/mol. The lowest BCUT2D eigenvalue weighted by Gasteiger charge is -2.16. The summed E-state index contributed by atoms with van der Waals surface area (Å²) < 4.78 is 1.13. The van der Waals surface area contributed by atoms with Gasteiger partial charge in [-0.3, -0.25) is 9.59 Å². The molecular weight excluding hydrogens is 252 g/mol. The van der Waals surface area contributed by atoms with Crippen molar-refractivity contribution >= 4 is 23.1 Å². The van der Waals surface area contributed by atoms with E-state index in [2.05, 4.69) is 5.10 Å². The summed E-state index contributed by atoms with van der Waals surface area (Å²) in [6, 6.07) is 1.44. The molecule has 0 atom stereocenters. The van der Waals surface area contributed by atoms with Gasteiger partial charge in [-0.2, -0.15) is 5.10 Å². The minimum Gasteiger partial charge on any atom is -0.393 e. The first kappa shape index (κ1) is 14.3. The summed E-state index contributed by atoms with van der Waals surface area (Å²) in [5.41, 5.74) is 5.84. The van der Waals surface area contributed by atoms with Gasteiger partial charge in [0.05, 0.1) is 11.2 Å². The zero-order valence-electron chi connectivity index (χ0n) is 10.4. The Morgan fingerprint density at radius 1 is 1.61 bits per heavy atom. The molecule has 1 heterocycles. The van der Waals surface area contributed by atoms with Crippen LogP contribution < -0.4 is 11.3 Å². The Kier molecular flexibility index (Phi) is 4.96. The molecule has 6 nitrogen and oxygen atoms in total. The van der Waals surface area contributed by atoms with Crippen LogP contribution in [0.3, 0.4) is 0 Å². The summed E-state index contributed by atoms with van der Waals surface area (Å²) in [5.74, 6) is -0.204. The maximum Gasteiger partial charge on any atom is 0.267 e. The van der Waals surface area contributed by atoms with Crippen LogP contribution in [0, 0.1) is 6.92 Å². The molecule has 0 aliphatic heterocycles. The smallest absolute Gasteiger partial charge is 0.267 e. The van der Waals surface area contributed by atoms with Crippen LogP contribution in [0.5, 0.6) is 0 Å². The van der Waals surface area contributed by atoms with Crippen molar-refractivity contribution in [1.29, 1.82) is 0 Å². The molecule has 7 heteroatoms. The molecule has 0 radical (unpaired) electrons. The fourth-order valence-corrected chi connectivity index (χ4v) is 1.39. The van der Waals surface area contributed by atoms with Crippen LogP contribution in [0.25, 0.3) is 0 Å². The molecule has 0 unspecified atom stereocenters. The molecule has 98 valence electrons. The number of nitrogens with two attached hydrogens (primary N) is 1. The Balaban J connectivity index is 2.64. The lowest BCUT2D eigenvalue weighted by atomic mass is 10.3. The van der Waals surface area contributed by atoms with Crippen LogP contribution in [0.2, 0.25) is 0 Å². The Labute approximate surface area is 110 Å². The van der Waals surface area contributed by atoms with E-state index < -0.39 is 0 Å². The lowest BCUT2D eigenvalue weighted by Crippen LogP contribution is -2.36. The number of carbonyl (C=O) groups excluding carboxylic acids is 1. The third-order valence-corrected chi connectivity index (χ3v) is 2.61. The summed E-state index contributed by atoms with van der Waals surface area (Å²) in [4.78, 5) is 25.2. The monoisotopic (exact) mass is 268 g/mol. The SMILES string of the molecule is Cc1cnn(CC(=O)N(C)CCC(N)=S)c(=O)c1. The average Bonchev–Trinajstić information content (AvgIpc) is 2.29. The van der Waals surface area contributed by atoms with E-state index in [1.165, 1.54) is 11.0 Å². The number of hydrogen-bond donors (Lipinski definition) is 1. The molecule has 1 rings (SSSR count). The zero-order chi connectivity index (χ0) is 13.7.